The van der Waals surface area contributed by atoms with E-state index in [1.807, 2.05) is 13.8 Å². The Balaban J connectivity index is 2.14. The largest absolute Gasteiger partial charge is 0.334 e. The molecule has 2 rings (SSSR count). The predicted octanol–water partition coefficient (Wildman–Crippen LogP) is 3.44. The van der Waals surface area contributed by atoms with Crippen molar-refractivity contribution in [3.8, 4) is 0 Å². The molecule has 0 aromatic carbocycles. The lowest BCUT2D eigenvalue weighted by atomic mass is 10.0. The molecule has 0 spiro atoms. The standard InChI is InChI=1S/C11H21O3P/c1-3-13-15(12,14-4-2)11-9-5-6-10(11)8-7-9/h9-11H,3-8H2,1-2H3. The van der Waals surface area contributed by atoms with E-state index >= 15 is 0 Å². The average Bonchev–Trinajstić information content (AvgIpc) is 2.77. The summed E-state index contributed by atoms with van der Waals surface area (Å²) >= 11 is 0. The fraction of sp³-hybridized carbons (Fsp3) is 1.00. The van der Waals surface area contributed by atoms with E-state index in [2.05, 4.69) is 0 Å². The highest BCUT2D eigenvalue weighted by Gasteiger charge is 2.52. The molecule has 0 unspecified atom stereocenters. The molecule has 0 atom stereocenters. The summed E-state index contributed by atoms with van der Waals surface area (Å²) in [6.45, 7) is 4.77. The molecule has 2 fully saturated rings. The van der Waals surface area contributed by atoms with Crippen LogP contribution in [0.1, 0.15) is 39.5 Å². The summed E-state index contributed by atoms with van der Waals surface area (Å²) in [5, 5.41) is 0. The van der Waals surface area contributed by atoms with Crippen molar-refractivity contribution >= 4 is 7.60 Å². The normalized spacial score (nSPS) is 34.9. The summed E-state index contributed by atoms with van der Waals surface area (Å²) in [5.74, 6) is 1.19. The van der Waals surface area contributed by atoms with Gasteiger partial charge in [-0.1, -0.05) is 0 Å². The maximum Gasteiger partial charge on any atom is 0.334 e. The van der Waals surface area contributed by atoms with Gasteiger partial charge in [0.2, 0.25) is 0 Å². The zero-order valence-corrected chi connectivity index (χ0v) is 10.5. The molecule has 2 aliphatic carbocycles. The monoisotopic (exact) mass is 232 g/mol. The molecule has 0 heterocycles. The molecule has 0 amide bonds. The van der Waals surface area contributed by atoms with Gasteiger partial charge in [-0.25, -0.2) is 0 Å². The summed E-state index contributed by atoms with van der Waals surface area (Å²) in [5.41, 5.74) is 0.206. The topological polar surface area (TPSA) is 35.5 Å². The summed E-state index contributed by atoms with van der Waals surface area (Å²) in [4.78, 5) is 0. The molecule has 15 heavy (non-hydrogen) atoms. The van der Waals surface area contributed by atoms with Crippen molar-refractivity contribution in [2.75, 3.05) is 13.2 Å². The van der Waals surface area contributed by atoms with Gasteiger partial charge >= 0.3 is 7.60 Å². The molecule has 0 aliphatic heterocycles. The lowest BCUT2D eigenvalue weighted by Gasteiger charge is -2.26. The molecule has 88 valence electrons. The molecule has 0 N–H and O–H groups in total. The molecule has 2 bridgehead atoms. The number of fused-ring (bicyclic) bond motifs is 2. The molecule has 3 nitrogen and oxygen atoms in total. The second kappa shape index (κ2) is 4.57. The van der Waals surface area contributed by atoms with Crippen LogP contribution in [0.2, 0.25) is 0 Å². The van der Waals surface area contributed by atoms with Gasteiger partial charge in [0.05, 0.1) is 18.9 Å². The van der Waals surface area contributed by atoms with Crippen LogP contribution in [-0.4, -0.2) is 18.9 Å². The third-order valence-corrected chi connectivity index (χ3v) is 6.58. The first-order chi connectivity index (χ1) is 7.21. The summed E-state index contributed by atoms with van der Waals surface area (Å²) in [6, 6.07) is 0. The smallest absolute Gasteiger partial charge is 0.309 e. The second-order valence-electron chi connectivity index (χ2n) is 4.54. The molecule has 0 saturated heterocycles. The van der Waals surface area contributed by atoms with Gasteiger partial charge in [0.25, 0.3) is 0 Å². The molecule has 4 heteroatoms. The Bertz CT molecular complexity index is 237. The van der Waals surface area contributed by atoms with Crippen LogP contribution in [0, 0.1) is 11.8 Å². The first kappa shape index (κ1) is 11.6. The van der Waals surface area contributed by atoms with E-state index in [9.17, 15) is 4.57 Å². The number of hydrogen-bond donors (Lipinski definition) is 0. The molecular weight excluding hydrogens is 211 g/mol. The van der Waals surface area contributed by atoms with E-state index in [-0.39, 0.29) is 5.66 Å². The van der Waals surface area contributed by atoms with Crippen molar-refractivity contribution < 1.29 is 13.6 Å². The lowest BCUT2D eigenvalue weighted by molar-refractivity contribution is 0.206. The maximum absolute atomic E-state index is 12.6. The Morgan fingerprint density at radius 3 is 1.73 bits per heavy atom. The predicted molar refractivity (Wildman–Crippen MR) is 60.1 cm³/mol. The SMILES string of the molecule is CCOP(=O)(OCC)C1C2CCC1CC2. The molecular formula is C11H21O3P. The average molecular weight is 232 g/mol. The van der Waals surface area contributed by atoms with E-state index in [0.29, 0.717) is 25.0 Å². The van der Waals surface area contributed by atoms with Gasteiger partial charge in [0.15, 0.2) is 0 Å². The summed E-state index contributed by atoms with van der Waals surface area (Å²) < 4.78 is 23.6. The minimum absolute atomic E-state index is 0.206. The van der Waals surface area contributed by atoms with Crippen molar-refractivity contribution in [2.24, 2.45) is 11.8 Å². The fourth-order valence-electron chi connectivity index (χ4n) is 3.30. The molecule has 0 aromatic heterocycles. The van der Waals surface area contributed by atoms with Gasteiger partial charge < -0.3 is 9.05 Å². The number of hydrogen-bond acceptors (Lipinski definition) is 3. The van der Waals surface area contributed by atoms with Crippen LogP contribution in [-0.2, 0) is 13.6 Å². The Kier molecular flexibility index (Phi) is 3.54. The van der Waals surface area contributed by atoms with Crippen molar-refractivity contribution in [2.45, 2.75) is 45.2 Å². The van der Waals surface area contributed by atoms with Gasteiger partial charge in [-0.2, -0.15) is 0 Å². The minimum atomic E-state index is -2.82. The highest BCUT2D eigenvalue weighted by Crippen LogP contribution is 2.66. The minimum Gasteiger partial charge on any atom is -0.309 e. The van der Waals surface area contributed by atoms with Crippen LogP contribution >= 0.6 is 7.60 Å². The zero-order chi connectivity index (χ0) is 10.9. The van der Waals surface area contributed by atoms with Crippen molar-refractivity contribution in [3.63, 3.8) is 0 Å². The Morgan fingerprint density at radius 2 is 1.40 bits per heavy atom. The van der Waals surface area contributed by atoms with Crippen LogP contribution in [0.25, 0.3) is 0 Å². The van der Waals surface area contributed by atoms with E-state index in [4.69, 9.17) is 9.05 Å². The highest BCUT2D eigenvalue weighted by atomic mass is 31.2. The molecule has 0 radical (unpaired) electrons. The van der Waals surface area contributed by atoms with Crippen LogP contribution in [0.4, 0.5) is 0 Å². The van der Waals surface area contributed by atoms with Crippen molar-refractivity contribution in [3.05, 3.63) is 0 Å². The zero-order valence-electron chi connectivity index (χ0n) is 9.65. The van der Waals surface area contributed by atoms with Gasteiger partial charge in [0.1, 0.15) is 0 Å². The van der Waals surface area contributed by atoms with E-state index < -0.39 is 7.60 Å². The summed E-state index contributed by atoms with van der Waals surface area (Å²) in [6.07, 6.45) is 4.89. The fourth-order valence-corrected chi connectivity index (χ4v) is 6.07. The summed E-state index contributed by atoms with van der Waals surface area (Å²) in [7, 11) is -2.82. The third kappa shape index (κ3) is 2.02. The van der Waals surface area contributed by atoms with Crippen LogP contribution in [0.3, 0.4) is 0 Å². The maximum atomic E-state index is 12.6. The van der Waals surface area contributed by atoms with Crippen LogP contribution in [0.15, 0.2) is 0 Å². The van der Waals surface area contributed by atoms with Gasteiger partial charge in [-0.3, -0.25) is 4.57 Å². The van der Waals surface area contributed by atoms with Crippen LogP contribution in [0.5, 0.6) is 0 Å². The molecule has 0 aromatic rings. The number of rotatable bonds is 5. The van der Waals surface area contributed by atoms with Crippen molar-refractivity contribution in [1.29, 1.82) is 0 Å². The van der Waals surface area contributed by atoms with E-state index in [1.165, 1.54) is 25.7 Å². The second-order valence-corrected chi connectivity index (χ2v) is 6.73. The Hall–Kier alpha value is 0.150. The van der Waals surface area contributed by atoms with Gasteiger partial charge in [0, 0.05) is 0 Å². The van der Waals surface area contributed by atoms with Gasteiger partial charge in [-0.15, -0.1) is 0 Å². The molecule has 2 saturated carbocycles. The van der Waals surface area contributed by atoms with E-state index in [0.717, 1.165) is 0 Å². The first-order valence-corrected chi connectivity index (χ1v) is 7.71. The van der Waals surface area contributed by atoms with Crippen LogP contribution < -0.4 is 0 Å². The van der Waals surface area contributed by atoms with Crippen molar-refractivity contribution in [1.82, 2.24) is 0 Å². The Labute approximate surface area is 92.1 Å². The quantitative estimate of drug-likeness (QED) is 0.681. The lowest BCUT2D eigenvalue weighted by Crippen LogP contribution is -2.18. The van der Waals surface area contributed by atoms with Gasteiger partial charge in [-0.05, 0) is 51.4 Å². The first-order valence-electron chi connectivity index (χ1n) is 6.10. The molecule has 2 aliphatic rings. The Morgan fingerprint density at radius 1 is 1.00 bits per heavy atom. The van der Waals surface area contributed by atoms with E-state index in [1.54, 1.807) is 0 Å². The highest BCUT2D eigenvalue weighted by molar-refractivity contribution is 7.54. The third-order valence-electron chi connectivity index (χ3n) is 3.77.